The number of rotatable bonds is 3. The zero-order valence-electron chi connectivity index (χ0n) is 12.1. The Morgan fingerprint density at radius 2 is 1.75 bits per heavy atom. The predicted molar refractivity (Wildman–Crippen MR) is 85.1 cm³/mol. The Balaban J connectivity index is 2.33. The molecule has 7 heteroatoms. The largest absolute Gasteiger partial charge is 0.418 e. The van der Waals surface area contributed by atoms with Crippen molar-refractivity contribution in [1.82, 2.24) is 0 Å². The van der Waals surface area contributed by atoms with Gasteiger partial charge in [0.05, 0.1) is 11.3 Å². The van der Waals surface area contributed by atoms with Crippen molar-refractivity contribution in [1.29, 1.82) is 5.26 Å². The van der Waals surface area contributed by atoms with Gasteiger partial charge in [0.2, 0.25) is 0 Å². The van der Waals surface area contributed by atoms with Crippen LogP contribution in [-0.4, -0.2) is 5.91 Å². The molecule has 0 unspecified atom stereocenters. The summed E-state index contributed by atoms with van der Waals surface area (Å²) >= 11 is 5.94. The molecule has 122 valence electrons. The summed E-state index contributed by atoms with van der Waals surface area (Å²) in [4.78, 5) is 12.1. The minimum atomic E-state index is -4.62. The van der Waals surface area contributed by atoms with Crippen molar-refractivity contribution in [3.8, 4) is 6.07 Å². The van der Waals surface area contributed by atoms with Crippen molar-refractivity contribution in [3.63, 3.8) is 0 Å². The number of alkyl halides is 3. The highest BCUT2D eigenvalue weighted by atomic mass is 35.5. The Labute approximate surface area is 141 Å². The van der Waals surface area contributed by atoms with Crippen LogP contribution in [-0.2, 0) is 11.0 Å². The van der Waals surface area contributed by atoms with Gasteiger partial charge in [-0.1, -0.05) is 41.9 Å². The Morgan fingerprint density at radius 1 is 1.12 bits per heavy atom. The molecule has 0 aliphatic carbocycles. The van der Waals surface area contributed by atoms with Crippen LogP contribution in [0.4, 0.5) is 18.9 Å². The number of carbonyl (C=O) groups is 1. The molecule has 0 saturated heterocycles. The maximum atomic E-state index is 12.9. The van der Waals surface area contributed by atoms with Gasteiger partial charge >= 0.3 is 6.18 Å². The summed E-state index contributed by atoms with van der Waals surface area (Å²) in [7, 11) is 0. The topological polar surface area (TPSA) is 52.9 Å². The van der Waals surface area contributed by atoms with Crippen LogP contribution in [0.1, 0.15) is 11.1 Å². The van der Waals surface area contributed by atoms with Crippen LogP contribution in [0.3, 0.4) is 0 Å². The van der Waals surface area contributed by atoms with Crippen LogP contribution in [0.2, 0.25) is 5.02 Å². The molecule has 0 saturated carbocycles. The molecule has 0 aliphatic rings. The maximum Gasteiger partial charge on any atom is 0.418 e. The van der Waals surface area contributed by atoms with Crippen molar-refractivity contribution in [2.24, 2.45) is 0 Å². The summed E-state index contributed by atoms with van der Waals surface area (Å²) in [5.74, 6) is -0.950. The minimum Gasteiger partial charge on any atom is -0.321 e. The van der Waals surface area contributed by atoms with E-state index in [9.17, 15) is 18.0 Å². The number of nitriles is 1. The second-order valence-electron chi connectivity index (χ2n) is 4.69. The van der Waals surface area contributed by atoms with Crippen LogP contribution in [0.15, 0.2) is 54.1 Å². The molecule has 3 nitrogen and oxygen atoms in total. The molecule has 0 aliphatic heterocycles. The molecule has 0 atom stereocenters. The van der Waals surface area contributed by atoms with E-state index in [1.54, 1.807) is 30.3 Å². The Hall–Kier alpha value is -2.78. The third kappa shape index (κ3) is 4.15. The normalized spacial score (nSPS) is 11.7. The number of nitrogens with zero attached hydrogens (tertiary/aromatic N) is 1. The van der Waals surface area contributed by atoms with Gasteiger partial charge in [-0.15, -0.1) is 0 Å². The number of benzene rings is 2. The molecule has 0 bridgehead atoms. The molecule has 0 heterocycles. The minimum absolute atomic E-state index is 0.314. The molecule has 0 aromatic heterocycles. The molecule has 0 spiro atoms. The highest BCUT2D eigenvalue weighted by Gasteiger charge is 2.33. The van der Waals surface area contributed by atoms with Gasteiger partial charge in [0.15, 0.2) is 0 Å². The lowest BCUT2D eigenvalue weighted by Gasteiger charge is -2.13. The molecular formula is C17H10ClF3N2O. The SMILES string of the molecule is N#C/C(=C\c1ccccc1Cl)C(=O)Nc1ccccc1C(F)(F)F. The number of carbonyl (C=O) groups excluding carboxylic acids is 1. The fourth-order valence-corrected chi connectivity index (χ4v) is 2.12. The standard InChI is InChI=1S/C17H10ClF3N2O/c18-14-7-3-1-5-11(14)9-12(10-22)16(24)23-15-8-4-2-6-13(15)17(19,20)21/h1-9H,(H,23,24)/b12-9+. The average molecular weight is 351 g/mol. The number of para-hydroxylation sites is 1. The van der Waals surface area contributed by atoms with E-state index in [1.807, 2.05) is 0 Å². The van der Waals surface area contributed by atoms with Crippen molar-refractivity contribution in [2.45, 2.75) is 6.18 Å². The Kier molecular flexibility index (Phi) is 5.27. The molecule has 2 aromatic rings. The van der Waals surface area contributed by atoms with Crippen molar-refractivity contribution >= 4 is 29.3 Å². The first-order valence-electron chi connectivity index (χ1n) is 6.67. The van der Waals surface area contributed by atoms with Crippen LogP contribution in [0.25, 0.3) is 6.08 Å². The van der Waals surface area contributed by atoms with Crippen molar-refractivity contribution in [3.05, 3.63) is 70.3 Å². The molecule has 0 fully saturated rings. The molecule has 1 N–H and O–H groups in total. The van der Waals surface area contributed by atoms with E-state index >= 15 is 0 Å². The van der Waals surface area contributed by atoms with Crippen LogP contribution >= 0.6 is 11.6 Å². The van der Waals surface area contributed by atoms with Crippen LogP contribution in [0.5, 0.6) is 0 Å². The first-order valence-corrected chi connectivity index (χ1v) is 7.04. The summed E-state index contributed by atoms with van der Waals surface area (Å²) < 4.78 is 38.8. The van der Waals surface area contributed by atoms with Gasteiger partial charge in [-0.05, 0) is 29.8 Å². The fourth-order valence-electron chi connectivity index (χ4n) is 1.93. The van der Waals surface area contributed by atoms with Crippen molar-refractivity contribution < 1.29 is 18.0 Å². The highest BCUT2D eigenvalue weighted by Crippen LogP contribution is 2.34. The highest BCUT2D eigenvalue weighted by molar-refractivity contribution is 6.32. The number of nitrogens with one attached hydrogen (secondary N) is 1. The monoisotopic (exact) mass is 350 g/mol. The number of amides is 1. The second kappa shape index (κ2) is 7.20. The summed E-state index contributed by atoms with van der Waals surface area (Å²) in [5, 5.41) is 11.5. The summed E-state index contributed by atoms with van der Waals surface area (Å²) in [5.41, 5.74) is -1.36. The quantitative estimate of drug-likeness (QED) is 0.632. The number of anilines is 1. The lowest BCUT2D eigenvalue weighted by molar-refractivity contribution is -0.136. The van der Waals surface area contributed by atoms with E-state index in [0.29, 0.717) is 10.6 Å². The number of halogens is 4. The van der Waals surface area contributed by atoms with Gasteiger partial charge < -0.3 is 5.32 Å². The third-order valence-electron chi connectivity index (χ3n) is 3.05. The first kappa shape index (κ1) is 17.6. The molecule has 0 radical (unpaired) electrons. The maximum absolute atomic E-state index is 12.9. The van der Waals surface area contributed by atoms with Gasteiger partial charge in [-0.2, -0.15) is 18.4 Å². The molecule has 24 heavy (non-hydrogen) atoms. The number of hydrogen-bond donors (Lipinski definition) is 1. The second-order valence-corrected chi connectivity index (χ2v) is 5.10. The van der Waals surface area contributed by atoms with Crippen LogP contribution < -0.4 is 5.32 Å². The zero-order valence-corrected chi connectivity index (χ0v) is 12.8. The number of hydrogen-bond acceptors (Lipinski definition) is 2. The lowest BCUT2D eigenvalue weighted by Crippen LogP contribution is -2.17. The van der Waals surface area contributed by atoms with E-state index in [4.69, 9.17) is 16.9 Å². The van der Waals surface area contributed by atoms with Gasteiger partial charge in [0, 0.05) is 5.02 Å². The van der Waals surface area contributed by atoms with E-state index in [1.165, 1.54) is 18.2 Å². The Bertz CT molecular complexity index is 838. The van der Waals surface area contributed by atoms with E-state index in [-0.39, 0.29) is 5.57 Å². The van der Waals surface area contributed by atoms with Gasteiger partial charge in [0.25, 0.3) is 5.91 Å². The van der Waals surface area contributed by atoms with E-state index < -0.39 is 23.3 Å². The van der Waals surface area contributed by atoms with E-state index in [2.05, 4.69) is 5.32 Å². The Morgan fingerprint density at radius 3 is 2.38 bits per heavy atom. The molecular weight excluding hydrogens is 341 g/mol. The summed E-state index contributed by atoms with van der Waals surface area (Å²) in [6.45, 7) is 0. The van der Waals surface area contributed by atoms with Gasteiger partial charge in [-0.25, -0.2) is 0 Å². The van der Waals surface area contributed by atoms with Crippen molar-refractivity contribution in [2.75, 3.05) is 5.32 Å². The van der Waals surface area contributed by atoms with Crippen LogP contribution in [0, 0.1) is 11.3 Å². The molecule has 1 amide bonds. The third-order valence-corrected chi connectivity index (χ3v) is 3.40. The predicted octanol–water partition coefficient (Wildman–Crippen LogP) is 4.90. The lowest BCUT2D eigenvalue weighted by atomic mass is 10.1. The molecule has 2 rings (SSSR count). The van der Waals surface area contributed by atoms with E-state index in [0.717, 1.165) is 12.1 Å². The first-order chi connectivity index (χ1) is 11.3. The summed E-state index contributed by atoms with van der Waals surface area (Å²) in [6, 6.07) is 12.7. The smallest absolute Gasteiger partial charge is 0.321 e. The molecule has 2 aromatic carbocycles. The van der Waals surface area contributed by atoms with Gasteiger partial charge in [-0.3, -0.25) is 4.79 Å². The summed E-state index contributed by atoms with van der Waals surface area (Å²) in [6.07, 6.45) is -3.41. The average Bonchev–Trinajstić information content (AvgIpc) is 2.53. The zero-order chi connectivity index (χ0) is 17.7. The fraction of sp³-hybridized carbons (Fsp3) is 0.0588. The van der Waals surface area contributed by atoms with Gasteiger partial charge in [0.1, 0.15) is 11.6 Å².